The largest absolute Gasteiger partial charge is 0.501 e. The normalized spacial score (nSPS) is 18.9. The summed E-state index contributed by atoms with van der Waals surface area (Å²) in [7, 11) is -10.9. The molecule has 0 spiro atoms. The molecule has 2 bridgehead atoms. The Bertz CT molecular complexity index is 2440. The summed E-state index contributed by atoms with van der Waals surface area (Å²) in [5.41, 5.74) is -1.48. The molecule has 10 nitrogen and oxygen atoms in total. The van der Waals surface area contributed by atoms with Gasteiger partial charge in [-0.15, -0.1) is 11.8 Å². The van der Waals surface area contributed by atoms with E-state index in [1.54, 1.807) is 12.1 Å². The molecule has 2 heterocycles. The SMILES string of the molecule is O=C(NS(=O)(=O)c1ccc(N[C@H](CCN2C3CCC2CC3)CSc2ccccc2)c(S(=O)(=O)C(F)(F)F)c1)c1ccc(NCCNCC2=C(c3ccc(Cl)cc3)CCCCC2)cc1. The molecule has 0 aromatic heterocycles. The van der Waals surface area contributed by atoms with Gasteiger partial charge in [0.1, 0.15) is 4.90 Å². The number of anilines is 2. The van der Waals surface area contributed by atoms with Crippen molar-refractivity contribution in [3.63, 3.8) is 0 Å². The van der Waals surface area contributed by atoms with E-state index in [2.05, 4.69) is 33.0 Å². The molecule has 4 aromatic carbocycles. The van der Waals surface area contributed by atoms with Gasteiger partial charge in [0.15, 0.2) is 0 Å². The predicted octanol–water partition coefficient (Wildman–Crippen LogP) is 9.76. The molecule has 0 unspecified atom stereocenters. The number of carbonyl (C=O) groups is 1. The highest BCUT2D eigenvalue weighted by Gasteiger charge is 2.48. The maximum atomic E-state index is 14.2. The van der Waals surface area contributed by atoms with Crippen LogP contribution in [0, 0.1) is 0 Å². The number of amides is 1. The Balaban J connectivity index is 0.991. The molecule has 63 heavy (non-hydrogen) atoms. The fraction of sp³-hybridized carbons (Fsp3) is 0.413. The molecular weight excluding hydrogens is 891 g/mol. The van der Waals surface area contributed by atoms with Gasteiger partial charge < -0.3 is 16.0 Å². The van der Waals surface area contributed by atoms with E-state index in [1.165, 1.54) is 47.0 Å². The van der Waals surface area contributed by atoms with Crippen LogP contribution in [-0.4, -0.2) is 83.2 Å². The number of rotatable bonds is 19. The third kappa shape index (κ3) is 12.0. The van der Waals surface area contributed by atoms with E-state index in [4.69, 9.17) is 11.6 Å². The maximum Gasteiger partial charge on any atom is 0.501 e. The second kappa shape index (κ2) is 20.8. The highest BCUT2D eigenvalue weighted by molar-refractivity contribution is 7.99. The summed E-state index contributed by atoms with van der Waals surface area (Å²) in [4.78, 5) is 14.5. The minimum atomic E-state index is -6.04. The average molecular weight is 945 g/mol. The lowest BCUT2D eigenvalue weighted by atomic mass is 9.96. The third-order valence-electron chi connectivity index (χ3n) is 12.1. The van der Waals surface area contributed by atoms with Gasteiger partial charge in [-0.3, -0.25) is 9.69 Å². The lowest BCUT2D eigenvalue weighted by molar-refractivity contribution is -0.0435. The molecule has 2 saturated heterocycles. The molecule has 4 N–H and O–H groups in total. The number of sulfonamides is 1. The van der Waals surface area contributed by atoms with E-state index < -0.39 is 47.1 Å². The first-order chi connectivity index (χ1) is 30.2. The number of hydrogen-bond donors (Lipinski definition) is 4. The topological polar surface area (TPSA) is 137 Å². The van der Waals surface area contributed by atoms with Gasteiger partial charge in [0.25, 0.3) is 25.8 Å². The summed E-state index contributed by atoms with van der Waals surface area (Å²) in [5, 5.41) is 10.5. The van der Waals surface area contributed by atoms with Crippen molar-refractivity contribution in [2.45, 2.75) is 103 Å². The van der Waals surface area contributed by atoms with Crippen LogP contribution >= 0.6 is 23.4 Å². The van der Waals surface area contributed by atoms with Gasteiger partial charge in [-0.25, -0.2) is 21.6 Å². The van der Waals surface area contributed by atoms with E-state index in [-0.39, 0.29) is 11.3 Å². The zero-order valence-corrected chi connectivity index (χ0v) is 38.0. The quantitative estimate of drug-likeness (QED) is 0.0532. The van der Waals surface area contributed by atoms with Gasteiger partial charge in [0.2, 0.25) is 0 Å². The molecule has 3 aliphatic rings. The molecule has 7 rings (SSSR count). The van der Waals surface area contributed by atoms with Crippen LogP contribution in [0.2, 0.25) is 5.02 Å². The van der Waals surface area contributed by atoms with Crippen LogP contribution in [0.5, 0.6) is 0 Å². The molecule has 1 amide bonds. The smallest absolute Gasteiger partial charge is 0.384 e. The Labute approximate surface area is 377 Å². The van der Waals surface area contributed by atoms with E-state index >= 15 is 0 Å². The molecule has 338 valence electrons. The molecule has 0 saturated carbocycles. The molecule has 2 fully saturated rings. The maximum absolute atomic E-state index is 14.2. The van der Waals surface area contributed by atoms with Crippen LogP contribution in [0.15, 0.2) is 117 Å². The van der Waals surface area contributed by atoms with Crippen LogP contribution in [0.3, 0.4) is 0 Å². The van der Waals surface area contributed by atoms with Gasteiger partial charge in [-0.05, 0) is 136 Å². The number of thioether (sulfide) groups is 1. The van der Waals surface area contributed by atoms with E-state index in [0.29, 0.717) is 60.7 Å². The number of allylic oxidation sites excluding steroid dienone is 1. The monoisotopic (exact) mass is 943 g/mol. The number of carbonyl (C=O) groups excluding carboxylic acids is 1. The predicted molar refractivity (Wildman–Crippen MR) is 246 cm³/mol. The number of alkyl halides is 3. The summed E-state index contributed by atoms with van der Waals surface area (Å²) < 4.78 is 97.5. The summed E-state index contributed by atoms with van der Waals surface area (Å²) in [6, 6.07) is 26.5. The van der Waals surface area contributed by atoms with Crippen molar-refractivity contribution in [2.24, 2.45) is 0 Å². The van der Waals surface area contributed by atoms with Crippen molar-refractivity contribution in [1.82, 2.24) is 14.9 Å². The van der Waals surface area contributed by atoms with Crippen molar-refractivity contribution >= 4 is 66.1 Å². The Morgan fingerprint density at radius 2 is 1.51 bits per heavy atom. The Morgan fingerprint density at radius 1 is 0.825 bits per heavy atom. The van der Waals surface area contributed by atoms with Crippen molar-refractivity contribution in [3.8, 4) is 0 Å². The molecule has 4 aromatic rings. The highest BCUT2D eigenvalue weighted by Crippen LogP contribution is 2.39. The number of nitrogens with one attached hydrogen (secondary N) is 4. The Morgan fingerprint density at radius 3 is 2.19 bits per heavy atom. The second-order valence-electron chi connectivity index (χ2n) is 16.3. The molecule has 17 heteroatoms. The summed E-state index contributed by atoms with van der Waals surface area (Å²) >= 11 is 7.61. The van der Waals surface area contributed by atoms with Gasteiger partial charge >= 0.3 is 5.51 Å². The van der Waals surface area contributed by atoms with Gasteiger partial charge in [0.05, 0.1) is 10.6 Å². The lowest BCUT2D eigenvalue weighted by Crippen LogP contribution is -2.35. The number of nitrogens with zero attached hydrogens (tertiary/aromatic N) is 1. The first-order valence-electron chi connectivity index (χ1n) is 21.4. The number of halogens is 4. The minimum absolute atomic E-state index is 0.0242. The lowest BCUT2D eigenvalue weighted by Gasteiger charge is -2.27. The first-order valence-corrected chi connectivity index (χ1v) is 25.7. The van der Waals surface area contributed by atoms with E-state index in [1.807, 2.05) is 47.2 Å². The first kappa shape index (κ1) is 46.9. The molecule has 0 radical (unpaired) electrons. The van der Waals surface area contributed by atoms with Crippen molar-refractivity contribution in [3.05, 3.63) is 119 Å². The number of sulfone groups is 1. The van der Waals surface area contributed by atoms with Crippen LogP contribution in [0.25, 0.3) is 5.57 Å². The number of benzene rings is 4. The summed E-state index contributed by atoms with van der Waals surface area (Å²) in [6.45, 7) is 2.67. The van der Waals surface area contributed by atoms with Gasteiger partial charge in [-0.1, -0.05) is 53.9 Å². The van der Waals surface area contributed by atoms with Crippen LogP contribution in [0.1, 0.15) is 80.1 Å². The third-order valence-corrected chi connectivity index (χ3v) is 16.4. The molecule has 1 atom stereocenters. The fourth-order valence-electron chi connectivity index (χ4n) is 8.81. The molecule has 2 aliphatic heterocycles. The fourth-order valence-corrected chi connectivity index (χ4v) is 12.0. The van der Waals surface area contributed by atoms with Crippen LogP contribution in [0.4, 0.5) is 24.5 Å². The molecule has 1 aliphatic carbocycles. The Kier molecular flexibility index (Phi) is 15.5. The van der Waals surface area contributed by atoms with Crippen LogP contribution in [-0.2, 0) is 19.9 Å². The Hall–Kier alpha value is -4.06. The summed E-state index contributed by atoms with van der Waals surface area (Å²) in [6.07, 6.45) is 10.5. The number of hydrogen-bond acceptors (Lipinski definition) is 10. The summed E-state index contributed by atoms with van der Waals surface area (Å²) in [5.74, 6) is -0.627. The second-order valence-corrected chi connectivity index (χ2v) is 21.4. The van der Waals surface area contributed by atoms with E-state index in [9.17, 15) is 34.8 Å². The molecular formula is C46H53ClF3N5O5S3. The van der Waals surface area contributed by atoms with Crippen molar-refractivity contribution < 1.29 is 34.8 Å². The zero-order chi connectivity index (χ0) is 44.6. The van der Waals surface area contributed by atoms with Crippen molar-refractivity contribution in [2.75, 3.05) is 42.6 Å². The van der Waals surface area contributed by atoms with Crippen LogP contribution < -0.4 is 20.7 Å². The standard InChI is InChI=1S/C46H53ClF3N5O5S3/c47-35-15-11-32(12-16-35)42-10-6-1-3-7-34(42)30-51-26-27-52-36-17-13-33(14-18-36)45(56)54-63(59,60)41-23-24-43(44(29-41)62(57,58)46(48,49)50)53-37(31-61-40-8-4-2-5-9-40)25-28-55-38-19-20-39(55)22-21-38/h2,4-5,8-9,11-18,23-24,29,37-39,51-53H,1,3,6-7,10,19-22,25-28,30-31H2,(H,54,56)/t37-,38?,39?/m1/s1. The van der Waals surface area contributed by atoms with Gasteiger partial charge in [-0.2, -0.15) is 13.2 Å². The van der Waals surface area contributed by atoms with E-state index in [0.717, 1.165) is 74.9 Å². The highest BCUT2D eigenvalue weighted by atomic mass is 35.5. The van der Waals surface area contributed by atoms with Gasteiger partial charge in [0, 0.05) is 71.2 Å². The minimum Gasteiger partial charge on any atom is -0.384 e. The zero-order valence-electron chi connectivity index (χ0n) is 34.8. The number of fused-ring (bicyclic) bond motifs is 2. The average Bonchev–Trinajstić information content (AvgIpc) is 3.75. The van der Waals surface area contributed by atoms with Crippen molar-refractivity contribution in [1.29, 1.82) is 0 Å².